The molecule has 0 unspecified atom stereocenters. The summed E-state index contributed by atoms with van der Waals surface area (Å²) in [5, 5.41) is 0.506. The molecular formula is C18H11ClFN5O2. The van der Waals surface area contributed by atoms with E-state index in [0.29, 0.717) is 16.3 Å². The minimum Gasteiger partial charge on any atom is -0.364 e. The van der Waals surface area contributed by atoms with Crippen LogP contribution in [0.15, 0.2) is 53.3 Å². The van der Waals surface area contributed by atoms with E-state index >= 15 is 0 Å². The van der Waals surface area contributed by atoms with Gasteiger partial charge in [-0.15, -0.1) is 0 Å². The number of rotatable bonds is 3. The van der Waals surface area contributed by atoms with Gasteiger partial charge in [0.15, 0.2) is 17.2 Å². The molecule has 0 aliphatic heterocycles. The zero-order valence-electron chi connectivity index (χ0n) is 13.6. The highest BCUT2D eigenvalue weighted by Gasteiger charge is 2.20. The Balaban J connectivity index is 2.04. The van der Waals surface area contributed by atoms with E-state index in [1.54, 1.807) is 24.3 Å². The number of imidazole rings is 1. The minimum absolute atomic E-state index is 0.119. The maximum atomic E-state index is 13.2. The maximum Gasteiger partial charge on any atom is 0.332 e. The van der Waals surface area contributed by atoms with Crippen LogP contribution in [-0.2, 0) is 0 Å². The van der Waals surface area contributed by atoms with E-state index in [-0.39, 0.29) is 22.7 Å². The SMILES string of the molecule is NC(=O)c1nc(-c2ccc(F)cc2)nc2c1[nH]c(=O)n2-c1ccc(Cl)cc1. The fourth-order valence-corrected chi connectivity index (χ4v) is 2.85. The van der Waals surface area contributed by atoms with Gasteiger partial charge in [-0.05, 0) is 48.5 Å². The van der Waals surface area contributed by atoms with Crippen molar-refractivity contribution in [3.05, 3.63) is 75.5 Å². The van der Waals surface area contributed by atoms with E-state index in [9.17, 15) is 14.0 Å². The lowest BCUT2D eigenvalue weighted by atomic mass is 10.2. The van der Waals surface area contributed by atoms with Crippen LogP contribution < -0.4 is 11.4 Å². The Kier molecular flexibility index (Phi) is 3.97. The lowest BCUT2D eigenvalue weighted by Gasteiger charge is -2.06. The first-order valence-electron chi connectivity index (χ1n) is 7.78. The Morgan fingerprint density at radius 1 is 1.07 bits per heavy atom. The zero-order chi connectivity index (χ0) is 19.1. The number of nitrogens with zero attached hydrogens (tertiary/aromatic N) is 3. The first-order chi connectivity index (χ1) is 12.9. The lowest BCUT2D eigenvalue weighted by molar-refractivity contribution is 0.0997. The van der Waals surface area contributed by atoms with E-state index in [0.717, 1.165) is 0 Å². The van der Waals surface area contributed by atoms with Crippen LogP contribution in [0, 0.1) is 5.82 Å². The van der Waals surface area contributed by atoms with Crippen molar-refractivity contribution in [2.45, 2.75) is 0 Å². The molecule has 0 atom stereocenters. The van der Waals surface area contributed by atoms with Gasteiger partial charge >= 0.3 is 5.69 Å². The average molecular weight is 384 g/mol. The van der Waals surface area contributed by atoms with Crippen molar-refractivity contribution in [2.24, 2.45) is 5.73 Å². The predicted octanol–water partition coefficient (Wildman–Crippen LogP) is 2.67. The summed E-state index contributed by atoms with van der Waals surface area (Å²) >= 11 is 5.90. The van der Waals surface area contributed by atoms with Gasteiger partial charge in [0.05, 0.1) is 5.69 Å². The normalized spacial score (nSPS) is 11.0. The van der Waals surface area contributed by atoms with Crippen molar-refractivity contribution < 1.29 is 9.18 Å². The van der Waals surface area contributed by atoms with Crippen molar-refractivity contribution in [2.75, 3.05) is 0 Å². The zero-order valence-corrected chi connectivity index (χ0v) is 14.4. The van der Waals surface area contributed by atoms with Crippen LogP contribution in [0.5, 0.6) is 0 Å². The highest BCUT2D eigenvalue weighted by Crippen LogP contribution is 2.22. The van der Waals surface area contributed by atoms with Crippen LogP contribution in [0.3, 0.4) is 0 Å². The third-order valence-corrected chi connectivity index (χ3v) is 4.21. The van der Waals surface area contributed by atoms with Gasteiger partial charge in [0.1, 0.15) is 11.3 Å². The smallest absolute Gasteiger partial charge is 0.332 e. The van der Waals surface area contributed by atoms with E-state index in [1.807, 2.05) is 0 Å². The summed E-state index contributed by atoms with van der Waals surface area (Å²) in [6.07, 6.45) is 0. The molecule has 2 aromatic heterocycles. The first kappa shape index (κ1) is 16.9. The molecule has 27 heavy (non-hydrogen) atoms. The van der Waals surface area contributed by atoms with Crippen molar-refractivity contribution in [3.8, 4) is 17.1 Å². The molecule has 0 saturated carbocycles. The number of fused-ring (bicyclic) bond motifs is 1. The number of carbonyl (C=O) groups is 1. The Morgan fingerprint density at radius 3 is 2.37 bits per heavy atom. The van der Waals surface area contributed by atoms with Gasteiger partial charge < -0.3 is 10.7 Å². The number of hydrogen-bond donors (Lipinski definition) is 2. The van der Waals surface area contributed by atoms with Crippen LogP contribution >= 0.6 is 11.6 Å². The molecule has 0 spiro atoms. The topological polar surface area (TPSA) is 107 Å². The molecule has 7 nitrogen and oxygen atoms in total. The number of nitrogens with two attached hydrogens (primary N) is 1. The number of nitrogens with one attached hydrogen (secondary N) is 1. The number of aromatic amines is 1. The molecule has 0 bridgehead atoms. The lowest BCUT2D eigenvalue weighted by Crippen LogP contribution is -2.15. The van der Waals surface area contributed by atoms with Crippen LogP contribution in [0.2, 0.25) is 5.02 Å². The molecule has 4 rings (SSSR count). The van der Waals surface area contributed by atoms with Crippen molar-refractivity contribution >= 4 is 28.7 Å². The summed E-state index contributed by atoms with van der Waals surface area (Å²) in [4.78, 5) is 35.5. The van der Waals surface area contributed by atoms with Gasteiger partial charge in [0.25, 0.3) is 5.91 Å². The summed E-state index contributed by atoms with van der Waals surface area (Å²) in [6.45, 7) is 0. The maximum absolute atomic E-state index is 13.2. The van der Waals surface area contributed by atoms with Gasteiger partial charge in [-0.3, -0.25) is 4.79 Å². The first-order valence-corrected chi connectivity index (χ1v) is 8.16. The van der Waals surface area contributed by atoms with Crippen LogP contribution in [0.4, 0.5) is 4.39 Å². The molecule has 3 N–H and O–H groups in total. The molecule has 2 aromatic carbocycles. The second-order valence-electron chi connectivity index (χ2n) is 5.71. The number of benzene rings is 2. The summed E-state index contributed by atoms with van der Waals surface area (Å²) in [5.74, 6) is -1.11. The molecule has 0 aliphatic carbocycles. The van der Waals surface area contributed by atoms with Crippen LogP contribution in [0.25, 0.3) is 28.2 Å². The molecule has 9 heteroatoms. The largest absolute Gasteiger partial charge is 0.364 e. The van der Waals surface area contributed by atoms with Gasteiger partial charge in [0, 0.05) is 10.6 Å². The van der Waals surface area contributed by atoms with E-state index < -0.39 is 17.4 Å². The number of halogens is 2. The van der Waals surface area contributed by atoms with Crippen LogP contribution in [0.1, 0.15) is 10.5 Å². The summed E-state index contributed by atoms with van der Waals surface area (Å²) in [6, 6.07) is 12.0. The van der Waals surface area contributed by atoms with E-state index in [1.165, 1.54) is 28.8 Å². The molecule has 4 aromatic rings. The van der Waals surface area contributed by atoms with Crippen LogP contribution in [-0.4, -0.2) is 25.4 Å². The standard InChI is InChI=1S/C18H11ClFN5O2/c19-10-3-7-12(8-4-10)25-17-14(23-18(25)27)13(15(21)26)22-16(24-17)9-1-5-11(20)6-2-9/h1-8H,(H2,21,26)(H,23,27). The summed E-state index contributed by atoms with van der Waals surface area (Å²) in [7, 11) is 0. The average Bonchev–Trinajstić information content (AvgIpc) is 2.98. The Hall–Kier alpha value is -3.52. The Morgan fingerprint density at radius 2 is 1.74 bits per heavy atom. The molecular weight excluding hydrogens is 373 g/mol. The monoisotopic (exact) mass is 383 g/mol. The number of amides is 1. The van der Waals surface area contributed by atoms with Gasteiger partial charge in [-0.2, -0.15) is 0 Å². The van der Waals surface area contributed by atoms with Crippen molar-refractivity contribution in [1.82, 2.24) is 19.5 Å². The number of aromatic nitrogens is 4. The number of hydrogen-bond acceptors (Lipinski definition) is 4. The highest BCUT2D eigenvalue weighted by atomic mass is 35.5. The Bertz CT molecular complexity index is 1230. The fourth-order valence-electron chi connectivity index (χ4n) is 2.72. The molecule has 0 radical (unpaired) electrons. The molecule has 1 amide bonds. The van der Waals surface area contributed by atoms with Crippen molar-refractivity contribution in [1.29, 1.82) is 0 Å². The highest BCUT2D eigenvalue weighted by molar-refractivity contribution is 6.30. The third-order valence-electron chi connectivity index (χ3n) is 3.96. The second kappa shape index (κ2) is 6.33. The Labute approximate surface area is 156 Å². The predicted molar refractivity (Wildman–Crippen MR) is 98.4 cm³/mol. The molecule has 2 heterocycles. The number of primary amides is 1. The van der Waals surface area contributed by atoms with E-state index in [2.05, 4.69) is 15.0 Å². The minimum atomic E-state index is -0.824. The van der Waals surface area contributed by atoms with E-state index in [4.69, 9.17) is 17.3 Å². The molecule has 0 fully saturated rings. The fraction of sp³-hybridized carbons (Fsp3) is 0. The molecule has 134 valence electrons. The van der Waals surface area contributed by atoms with Gasteiger partial charge in [-0.25, -0.2) is 23.7 Å². The molecule has 0 aliphatic rings. The third kappa shape index (κ3) is 2.96. The van der Waals surface area contributed by atoms with Gasteiger partial charge in [0.2, 0.25) is 0 Å². The van der Waals surface area contributed by atoms with Gasteiger partial charge in [-0.1, -0.05) is 11.6 Å². The number of carbonyl (C=O) groups excluding carboxylic acids is 1. The summed E-state index contributed by atoms with van der Waals surface area (Å²) < 4.78 is 14.5. The quantitative estimate of drug-likeness (QED) is 0.567. The number of H-pyrrole nitrogens is 1. The second-order valence-corrected chi connectivity index (χ2v) is 6.14. The summed E-state index contributed by atoms with van der Waals surface area (Å²) in [5.41, 5.74) is 6.04. The molecule has 0 saturated heterocycles. The van der Waals surface area contributed by atoms with Crippen molar-refractivity contribution in [3.63, 3.8) is 0 Å².